The van der Waals surface area contributed by atoms with Crippen LogP contribution in [0.25, 0.3) is 0 Å². The number of H-pyrrole nitrogens is 1. The molecule has 0 saturated carbocycles. The van der Waals surface area contributed by atoms with Crippen LogP contribution in [-0.4, -0.2) is 22.2 Å². The molecule has 1 fully saturated rings. The molecule has 2 atom stereocenters. The van der Waals surface area contributed by atoms with Crippen molar-refractivity contribution in [2.45, 2.75) is 19.0 Å². The number of nitrogens with one attached hydrogen (secondary N) is 2. The molecule has 0 aliphatic carbocycles. The van der Waals surface area contributed by atoms with Crippen LogP contribution in [0.5, 0.6) is 5.75 Å². The van der Waals surface area contributed by atoms with E-state index in [1.165, 1.54) is 0 Å². The first-order valence-electron chi connectivity index (χ1n) is 8.47. The van der Waals surface area contributed by atoms with Crippen LogP contribution in [0, 0.1) is 6.92 Å². The Labute approximate surface area is 158 Å². The summed E-state index contributed by atoms with van der Waals surface area (Å²) in [5.74, 6) is 0.820. The van der Waals surface area contributed by atoms with Gasteiger partial charge in [-0.25, -0.2) is 0 Å². The molecule has 26 heavy (non-hydrogen) atoms. The molecule has 1 aliphatic rings. The number of aryl methyl sites for hydroxylation is 1. The quantitative estimate of drug-likeness (QED) is 0.688. The standard InChI is InChI=1S/C20H20N4OS/c1-13-6-11-17(22-13)19-18(16-5-3-4-12-21-16)23-20(26)24(19)14-7-9-15(25-2)10-8-14/h3-12,18-19,22H,1-2H3,(H,23,26)/t18-,19-/m1/s1. The molecule has 0 amide bonds. The number of pyridine rings is 1. The Balaban J connectivity index is 1.79. The van der Waals surface area contributed by atoms with Gasteiger partial charge in [-0.1, -0.05) is 6.07 Å². The zero-order valence-electron chi connectivity index (χ0n) is 14.6. The zero-order valence-corrected chi connectivity index (χ0v) is 15.5. The normalized spacial score (nSPS) is 19.5. The van der Waals surface area contributed by atoms with Crippen molar-refractivity contribution in [2.75, 3.05) is 12.0 Å². The average Bonchev–Trinajstić information content (AvgIpc) is 3.25. The van der Waals surface area contributed by atoms with E-state index in [-0.39, 0.29) is 12.1 Å². The highest BCUT2D eigenvalue weighted by atomic mass is 32.1. The molecule has 0 radical (unpaired) electrons. The van der Waals surface area contributed by atoms with Crippen molar-refractivity contribution in [3.63, 3.8) is 0 Å². The highest BCUT2D eigenvalue weighted by molar-refractivity contribution is 7.80. The Kier molecular flexibility index (Phi) is 4.34. The molecule has 0 spiro atoms. The fourth-order valence-corrected chi connectivity index (χ4v) is 3.74. The topological polar surface area (TPSA) is 53.2 Å². The molecule has 2 aromatic heterocycles. The van der Waals surface area contributed by atoms with Crippen molar-refractivity contribution in [2.24, 2.45) is 0 Å². The molecule has 0 bridgehead atoms. The van der Waals surface area contributed by atoms with E-state index in [2.05, 4.69) is 39.2 Å². The van der Waals surface area contributed by atoms with Crippen LogP contribution in [-0.2, 0) is 0 Å². The van der Waals surface area contributed by atoms with Gasteiger partial charge < -0.3 is 19.9 Å². The largest absolute Gasteiger partial charge is 0.497 e. The van der Waals surface area contributed by atoms with Crippen molar-refractivity contribution < 1.29 is 4.74 Å². The Morgan fingerprint density at radius 2 is 1.88 bits per heavy atom. The Hall–Kier alpha value is -2.86. The van der Waals surface area contributed by atoms with E-state index in [1.807, 2.05) is 48.7 Å². The number of anilines is 1. The molecule has 3 heterocycles. The monoisotopic (exact) mass is 364 g/mol. The molecule has 1 aromatic carbocycles. The summed E-state index contributed by atoms with van der Waals surface area (Å²) in [7, 11) is 1.67. The van der Waals surface area contributed by atoms with Crippen LogP contribution in [0.2, 0.25) is 0 Å². The first kappa shape index (κ1) is 16.6. The molecular formula is C20H20N4OS. The highest BCUT2D eigenvalue weighted by Crippen LogP contribution is 2.41. The van der Waals surface area contributed by atoms with Crippen molar-refractivity contribution in [3.8, 4) is 5.75 Å². The lowest BCUT2D eigenvalue weighted by Gasteiger charge is -2.27. The van der Waals surface area contributed by atoms with Crippen LogP contribution in [0.4, 0.5) is 5.69 Å². The first-order chi connectivity index (χ1) is 12.7. The lowest BCUT2D eigenvalue weighted by Crippen LogP contribution is -2.29. The minimum absolute atomic E-state index is 0.0144. The fourth-order valence-electron chi connectivity index (χ4n) is 3.39. The number of benzene rings is 1. The molecule has 3 aromatic rings. The van der Waals surface area contributed by atoms with E-state index in [0.717, 1.165) is 28.5 Å². The Morgan fingerprint density at radius 3 is 2.50 bits per heavy atom. The molecule has 6 heteroatoms. The lowest BCUT2D eigenvalue weighted by molar-refractivity contribution is 0.415. The van der Waals surface area contributed by atoms with Crippen LogP contribution in [0.15, 0.2) is 60.8 Å². The molecule has 132 valence electrons. The fraction of sp³-hybridized carbons (Fsp3) is 0.200. The lowest BCUT2D eigenvalue weighted by atomic mass is 10.0. The smallest absolute Gasteiger partial charge is 0.174 e. The van der Waals surface area contributed by atoms with Gasteiger partial charge in [-0.3, -0.25) is 4.98 Å². The summed E-state index contributed by atoms with van der Waals surface area (Å²) in [6, 6.07) is 18.0. The first-order valence-corrected chi connectivity index (χ1v) is 8.88. The van der Waals surface area contributed by atoms with Crippen LogP contribution in [0.1, 0.15) is 29.2 Å². The summed E-state index contributed by atoms with van der Waals surface area (Å²) in [6.45, 7) is 2.05. The van der Waals surface area contributed by atoms with E-state index < -0.39 is 0 Å². The summed E-state index contributed by atoms with van der Waals surface area (Å²) >= 11 is 5.69. The van der Waals surface area contributed by atoms with Gasteiger partial charge in [0.2, 0.25) is 0 Å². The number of rotatable bonds is 4. The molecule has 1 aliphatic heterocycles. The van der Waals surface area contributed by atoms with Crippen molar-refractivity contribution in [1.82, 2.24) is 15.3 Å². The highest BCUT2D eigenvalue weighted by Gasteiger charge is 2.41. The van der Waals surface area contributed by atoms with Gasteiger partial charge >= 0.3 is 0 Å². The third-order valence-electron chi connectivity index (χ3n) is 4.62. The van der Waals surface area contributed by atoms with Crippen molar-refractivity contribution in [1.29, 1.82) is 0 Å². The summed E-state index contributed by atoms with van der Waals surface area (Å²) < 4.78 is 5.28. The van der Waals surface area contributed by atoms with Gasteiger partial charge in [0, 0.05) is 23.3 Å². The summed E-state index contributed by atoms with van der Waals surface area (Å²) in [4.78, 5) is 10.2. The number of hydrogen-bond donors (Lipinski definition) is 2. The van der Waals surface area contributed by atoms with Gasteiger partial charge in [0.1, 0.15) is 11.8 Å². The average molecular weight is 364 g/mol. The minimum atomic E-state index is -0.0381. The predicted octanol–water partition coefficient (Wildman–Crippen LogP) is 3.90. The maximum atomic E-state index is 5.69. The summed E-state index contributed by atoms with van der Waals surface area (Å²) in [5, 5.41) is 4.13. The number of aromatic nitrogens is 2. The van der Waals surface area contributed by atoms with Crippen LogP contribution in [0.3, 0.4) is 0 Å². The number of methoxy groups -OCH3 is 1. The third kappa shape index (κ3) is 2.93. The molecule has 0 unspecified atom stereocenters. The number of hydrogen-bond acceptors (Lipinski definition) is 3. The van der Waals surface area contributed by atoms with E-state index in [9.17, 15) is 0 Å². The second kappa shape index (κ2) is 6.80. The van der Waals surface area contributed by atoms with Gasteiger partial charge in [0.25, 0.3) is 0 Å². The van der Waals surface area contributed by atoms with Gasteiger partial charge in [-0.2, -0.15) is 0 Å². The Bertz CT molecular complexity index is 907. The number of nitrogens with zero attached hydrogens (tertiary/aromatic N) is 2. The minimum Gasteiger partial charge on any atom is -0.497 e. The van der Waals surface area contributed by atoms with Gasteiger partial charge in [0.05, 0.1) is 18.8 Å². The Morgan fingerprint density at radius 1 is 1.08 bits per heavy atom. The molecule has 5 nitrogen and oxygen atoms in total. The SMILES string of the molecule is COc1ccc(N2C(=S)N[C@H](c3ccccn3)[C@H]2c2ccc(C)[nH]2)cc1. The van der Waals surface area contributed by atoms with Gasteiger partial charge in [-0.05, 0) is 67.7 Å². The van der Waals surface area contributed by atoms with Gasteiger partial charge in [-0.15, -0.1) is 0 Å². The van der Waals surface area contributed by atoms with Crippen LogP contribution >= 0.6 is 12.2 Å². The van der Waals surface area contributed by atoms with Crippen molar-refractivity contribution in [3.05, 3.63) is 77.9 Å². The van der Waals surface area contributed by atoms with Crippen LogP contribution < -0.4 is 15.0 Å². The maximum Gasteiger partial charge on any atom is 0.174 e. The number of thiocarbonyl (C=S) groups is 1. The van der Waals surface area contributed by atoms with Crippen molar-refractivity contribution >= 4 is 23.0 Å². The molecule has 1 saturated heterocycles. The second-order valence-electron chi connectivity index (χ2n) is 6.29. The van der Waals surface area contributed by atoms with E-state index in [1.54, 1.807) is 7.11 Å². The molecule has 4 rings (SSSR count). The summed E-state index contributed by atoms with van der Waals surface area (Å²) in [5.41, 5.74) is 4.19. The predicted molar refractivity (Wildman–Crippen MR) is 106 cm³/mol. The number of ether oxygens (including phenoxy) is 1. The maximum absolute atomic E-state index is 5.69. The molecular weight excluding hydrogens is 344 g/mol. The zero-order chi connectivity index (χ0) is 18.1. The number of aromatic amines is 1. The van der Waals surface area contributed by atoms with E-state index >= 15 is 0 Å². The molecule has 2 N–H and O–H groups in total. The second-order valence-corrected chi connectivity index (χ2v) is 6.68. The summed E-state index contributed by atoms with van der Waals surface area (Å²) in [6.07, 6.45) is 1.81. The van der Waals surface area contributed by atoms with E-state index in [4.69, 9.17) is 17.0 Å². The van der Waals surface area contributed by atoms with E-state index in [0.29, 0.717) is 5.11 Å². The third-order valence-corrected chi connectivity index (χ3v) is 4.94. The van der Waals surface area contributed by atoms with Gasteiger partial charge in [0.15, 0.2) is 5.11 Å².